The van der Waals surface area contributed by atoms with E-state index in [1.165, 1.54) is 25.3 Å². The Balaban J connectivity index is 1.74. The van der Waals surface area contributed by atoms with Gasteiger partial charge in [0.1, 0.15) is 5.78 Å². The van der Waals surface area contributed by atoms with Crippen LogP contribution in [0, 0.1) is 11.8 Å². The number of nitrogens with zero attached hydrogens (tertiary/aromatic N) is 1. The second kappa shape index (κ2) is 6.80. The highest BCUT2D eigenvalue weighted by molar-refractivity contribution is 9.10. The van der Waals surface area contributed by atoms with Crippen molar-refractivity contribution in [3.63, 3.8) is 0 Å². The molecule has 5 nitrogen and oxygen atoms in total. The van der Waals surface area contributed by atoms with Crippen molar-refractivity contribution < 1.29 is 19.1 Å². The normalized spacial score (nSPS) is 34.1. The number of ether oxygens (including phenoxy) is 2. The molecular weight excluding hydrogens is 446 g/mol. The summed E-state index contributed by atoms with van der Waals surface area (Å²) in [4.78, 5) is 27.4. The fourth-order valence-electron chi connectivity index (χ4n) is 7.27. The molecule has 3 saturated carbocycles. The highest BCUT2D eigenvalue weighted by Crippen LogP contribution is 2.71. The van der Waals surface area contributed by atoms with E-state index in [-0.39, 0.29) is 16.8 Å². The summed E-state index contributed by atoms with van der Waals surface area (Å²) >= 11 is 3.82. The molecule has 5 rings (SSSR count). The van der Waals surface area contributed by atoms with Crippen LogP contribution in [0.3, 0.4) is 0 Å². The van der Waals surface area contributed by atoms with E-state index in [1.54, 1.807) is 7.11 Å². The van der Waals surface area contributed by atoms with Crippen LogP contribution in [0.4, 0.5) is 0 Å². The molecule has 0 saturated heterocycles. The summed E-state index contributed by atoms with van der Waals surface area (Å²) in [5, 5.41) is 0. The first kappa shape index (κ1) is 20.5. The number of halogens is 1. The van der Waals surface area contributed by atoms with Crippen LogP contribution in [0.2, 0.25) is 0 Å². The lowest BCUT2D eigenvalue weighted by Crippen LogP contribution is -2.53. The third-order valence-corrected chi connectivity index (χ3v) is 8.75. The van der Waals surface area contributed by atoms with Gasteiger partial charge in [0, 0.05) is 53.2 Å². The first-order chi connectivity index (χ1) is 14.2. The third kappa shape index (κ3) is 2.75. The summed E-state index contributed by atoms with van der Waals surface area (Å²) in [6, 6.07) is 2.31. The number of methoxy groups -OCH3 is 1. The number of carbonyl (C=O) groups excluding carboxylic acids is 2. The molecule has 0 N–H and O–H groups in total. The minimum atomic E-state index is -0.358. The number of rotatable bonds is 5. The number of hydrogen-bond donors (Lipinski definition) is 0. The average molecular weight is 476 g/mol. The number of fused-ring (bicyclic) bond motifs is 3. The zero-order valence-corrected chi connectivity index (χ0v) is 19.8. The van der Waals surface area contributed by atoms with E-state index in [4.69, 9.17) is 9.47 Å². The Morgan fingerprint density at radius 1 is 1.30 bits per heavy atom. The number of esters is 1. The van der Waals surface area contributed by atoms with Gasteiger partial charge in [0.15, 0.2) is 11.5 Å². The number of carbonyl (C=O) groups is 2. The molecule has 4 aliphatic rings. The van der Waals surface area contributed by atoms with Crippen molar-refractivity contribution in [1.29, 1.82) is 0 Å². The number of hydrogen-bond acceptors (Lipinski definition) is 5. The van der Waals surface area contributed by atoms with Crippen molar-refractivity contribution in [1.82, 2.24) is 4.90 Å². The van der Waals surface area contributed by atoms with Crippen molar-refractivity contribution in [2.24, 2.45) is 11.8 Å². The molecule has 4 aliphatic carbocycles. The minimum absolute atomic E-state index is 0.103. The Kier molecular flexibility index (Phi) is 4.64. The van der Waals surface area contributed by atoms with Gasteiger partial charge in [-0.25, -0.2) is 0 Å². The molecule has 3 unspecified atom stereocenters. The molecule has 0 amide bonds. The summed E-state index contributed by atoms with van der Waals surface area (Å²) in [7, 11) is 3.87. The van der Waals surface area contributed by atoms with Gasteiger partial charge in [-0.05, 0) is 56.2 Å². The Hall–Kier alpha value is -1.40. The van der Waals surface area contributed by atoms with Crippen LogP contribution in [0.1, 0.15) is 63.5 Å². The maximum absolute atomic E-state index is 12.8. The molecule has 162 valence electrons. The van der Waals surface area contributed by atoms with Gasteiger partial charge < -0.3 is 14.4 Å². The number of ketones is 1. The molecule has 4 atom stereocenters. The zero-order chi connectivity index (χ0) is 21.4. The van der Waals surface area contributed by atoms with Gasteiger partial charge in [0.25, 0.3) is 0 Å². The highest BCUT2D eigenvalue weighted by atomic mass is 79.9. The van der Waals surface area contributed by atoms with Crippen LogP contribution in [-0.2, 0) is 20.4 Å². The van der Waals surface area contributed by atoms with E-state index in [1.807, 2.05) is 6.07 Å². The molecule has 1 aromatic carbocycles. The third-order valence-electron chi connectivity index (χ3n) is 8.12. The van der Waals surface area contributed by atoms with Crippen LogP contribution in [0.25, 0.3) is 0 Å². The first-order valence-electron chi connectivity index (χ1n) is 11.0. The van der Waals surface area contributed by atoms with E-state index in [0.29, 0.717) is 42.1 Å². The van der Waals surface area contributed by atoms with Crippen LogP contribution in [-0.4, -0.2) is 43.4 Å². The number of Topliss-reactive ketones (excluding diaryl/α,β-unsaturated/α-hetero) is 1. The molecule has 0 aromatic heterocycles. The molecule has 0 aliphatic heterocycles. The number of benzene rings is 1. The SMILES string of the molecule is COc1cc(Br)c2c(c1OC(C)=O)[C@]13CC(=O)CCC1C(N(C)CC1CC1)C2(C)C3. The van der Waals surface area contributed by atoms with Crippen LogP contribution >= 0.6 is 15.9 Å². The van der Waals surface area contributed by atoms with E-state index >= 15 is 0 Å². The molecule has 30 heavy (non-hydrogen) atoms. The van der Waals surface area contributed by atoms with Gasteiger partial charge in [-0.15, -0.1) is 0 Å². The van der Waals surface area contributed by atoms with Gasteiger partial charge in [-0.3, -0.25) is 9.59 Å². The fourth-order valence-corrected chi connectivity index (χ4v) is 8.13. The van der Waals surface area contributed by atoms with E-state index in [9.17, 15) is 9.59 Å². The van der Waals surface area contributed by atoms with Gasteiger partial charge in [0.2, 0.25) is 0 Å². The zero-order valence-electron chi connectivity index (χ0n) is 18.2. The Morgan fingerprint density at radius 3 is 2.67 bits per heavy atom. The van der Waals surface area contributed by atoms with Crippen LogP contribution in [0.5, 0.6) is 11.5 Å². The molecule has 3 fully saturated rings. The van der Waals surface area contributed by atoms with Gasteiger partial charge in [-0.1, -0.05) is 22.9 Å². The summed E-state index contributed by atoms with van der Waals surface area (Å²) in [5.41, 5.74) is 1.86. The molecule has 6 heteroatoms. The van der Waals surface area contributed by atoms with Crippen molar-refractivity contribution in [2.75, 3.05) is 20.7 Å². The maximum atomic E-state index is 12.8. The van der Waals surface area contributed by atoms with Crippen molar-refractivity contribution in [2.45, 2.75) is 69.2 Å². The second-order valence-corrected chi connectivity index (χ2v) is 11.0. The van der Waals surface area contributed by atoms with Crippen LogP contribution < -0.4 is 9.47 Å². The summed E-state index contributed by atoms with van der Waals surface area (Å²) in [6.07, 6.45) is 5.67. The van der Waals surface area contributed by atoms with Crippen molar-refractivity contribution in [3.8, 4) is 11.5 Å². The van der Waals surface area contributed by atoms with Gasteiger partial charge in [-0.2, -0.15) is 0 Å². The van der Waals surface area contributed by atoms with E-state index in [0.717, 1.165) is 35.3 Å². The molecule has 2 bridgehead atoms. The molecule has 1 aromatic rings. The van der Waals surface area contributed by atoms with Gasteiger partial charge in [0.05, 0.1) is 7.11 Å². The second-order valence-electron chi connectivity index (χ2n) is 10.2. The van der Waals surface area contributed by atoms with E-state index < -0.39 is 0 Å². The lowest BCUT2D eigenvalue weighted by Gasteiger charge is -2.49. The first-order valence-corrected chi connectivity index (χ1v) is 11.8. The standard InChI is InChI=1S/C24H30BrNO4/c1-13(27)30-21-18(29-4)9-17(25)19-20(21)24-10-15(28)7-8-16(24)22(23(19,2)12-24)26(3)11-14-5-6-14/h9,14,16,22H,5-8,10-12H2,1-4H3/t16?,22?,23?,24-/m0/s1. The Labute approximate surface area is 186 Å². The predicted molar refractivity (Wildman–Crippen MR) is 117 cm³/mol. The molecule has 0 radical (unpaired) electrons. The monoisotopic (exact) mass is 475 g/mol. The summed E-state index contributed by atoms with van der Waals surface area (Å²) in [6.45, 7) is 4.91. The maximum Gasteiger partial charge on any atom is 0.308 e. The molecule has 1 spiro atoms. The predicted octanol–water partition coefficient (Wildman–Crippen LogP) is 4.38. The quantitative estimate of drug-likeness (QED) is 0.467. The highest BCUT2D eigenvalue weighted by Gasteiger charge is 2.70. The smallest absolute Gasteiger partial charge is 0.308 e. The lowest BCUT2D eigenvalue weighted by molar-refractivity contribution is -0.132. The molecule has 0 heterocycles. The molecular formula is C24H30BrNO4. The number of likely N-dealkylation sites (N-methyl/N-ethyl adjacent to an activating group) is 1. The minimum Gasteiger partial charge on any atom is -0.493 e. The van der Waals surface area contributed by atoms with Gasteiger partial charge >= 0.3 is 5.97 Å². The van der Waals surface area contributed by atoms with E-state index in [2.05, 4.69) is 34.8 Å². The average Bonchev–Trinajstić information content (AvgIpc) is 3.37. The lowest BCUT2D eigenvalue weighted by atomic mass is 9.60. The fraction of sp³-hybridized carbons (Fsp3) is 0.667. The van der Waals surface area contributed by atoms with Crippen molar-refractivity contribution >= 4 is 27.7 Å². The summed E-state index contributed by atoms with van der Waals surface area (Å²) in [5.74, 6) is 2.23. The van der Waals surface area contributed by atoms with Crippen molar-refractivity contribution in [3.05, 3.63) is 21.7 Å². The topological polar surface area (TPSA) is 55.8 Å². The Morgan fingerprint density at radius 2 is 2.03 bits per heavy atom. The summed E-state index contributed by atoms with van der Waals surface area (Å²) < 4.78 is 12.4. The Bertz CT molecular complexity index is 942. The van der Waals surface area contributed by atoms with Crippen LogP contribution in [0.15, 0.2) is 10.5 Å². The largest absolute Gasteiger partial charge is 0.493 e.